The molecule has 4 aliphatic rings. The van der Waals surface area contributed by atoms with Gasteiger partial charge in [0, 0.05) is 39.1 Å². The maximum absolute atomic E-state index is 13.8. The second-order valence-electron chi connectivity index (χ2n) is 13.8. The number of likely N-dealkylation sites (N-methyl/N-ethyl adjacent to an activating group) is 1. The van der Waals surface area contributed by atoms with Crippen molar-refractivity contribution in [3.63, 3.8) is 0 Å². The second-order valence-corrected chi connectivity index (χ2v) is 13.8. The maximum atomic E-state index is 13.8. The van der Waals surface area contributed by atoms with Crippen LogP contribution in [0, 0.1) is 0 Å². The monoisotopic (exact) mass is 704 g/mol. The molecule has 1 spiro atoms. The number of piperidine rings is 1. The van der Waals surface area contributed by atoms with Gasteiger partial charge in [0.25, 0.3) is 0 Å². The van der Waals surface area contributed by atoms with E-state index >= 15 is 0 Å². The Bertz CT molecular complexity index is 1880. The molecule has 2 aliphatic heterocycles. The number of likely N-dealkylation sites (tertiary alicyclic amines) is 1. The van der Waals surface area contributed by atoms with Gasteiger partial charge in [-0.1, -0.05) is 48.5 Å². The van der Waals surface area contributed by atoms with E-state index in [1.807, 2.05) is 24.3 Å². The van der Waals surface area contributed by atoms with E-state index in [4.69, 9.17) is 14.2 Å². The Kier molecular flexibility index (Phi) is 8.85. The zero-order valence-corrected chi connectivity index (χ0v) is 28.6. The van der Waals surface area contributed by atoms with Crippen molar-refractivity contribution >= 4 is 23.9 Å². The number of hydrogen-bond acceptors (Lipinski definition) is 8. The third kappa shape index (κ3) is 6.13. The summed E-state index contributed by atoms with van der Waals surface area (Å²) in [5.41, 5.74) is 1.62. The highest BCUT2D eigenvalue weighted by atomic mass is 19.4. The average Bonchev–Trinajstić information content (AvgIpc) is 3.42. The topological polar surface area (TPSA) is 94.6 Å². The number of amides is 1. The Morgan fingerprint density at radius 3 is 2.53 bits per heavy atom. The van der Waals surface area contributed by atoms with Crippen molar-refractivity contribution in [2.45, 2.75) is 81.5 Å². The van der Waals surface area contributed by atoms with Gasteiger partial charge in [-0.3, -0.25) is 19.3 Å². The van der Waals surface area contributed by atoms with Crippen molar-refractivity contribution in [2.24, 2.45) is 0 Å². The first-order chi connectivity index (χ1) is 24.3. The third-order valence-electron chi connectivity index (χ3n) is 11.0. The summed E-state index contributed by atoms with van der Waals surface area (Å²) >= 11 is 0. The number of carbonyl (C=O) groups is 3. The van der Waals surface area contributed by atoms with Gasteiger partial charge in [0.05, 0.1) is 17.5 Å². The molecular formula is C39H39F3N2O7. The Morgan fingerprint density at radius 2 is 1.80 bits per heavy atom. The van der Waals surface area contributed by atoms with Crippen LogP contribution >= 0.6 is 0 Å². The van der Waals surface area contributed by atoms with Gasteiger partial charge in [0.15, 0.2) is 11.5 Å². The SMILES string of the molecule is CC(=O)Oc1ccc2c3c1O[C@H]1[C@H](N(C)C(=O)C=Cc4cccc(OC(F)(F)F)c4)CC[C@@]4(OC(C)=O)[C@@H](C2)N(CCc2ccccc2)CC[C@]314. The van der Waals surface area contributed by atoms with Crippen LogP contribution in [0.2, 0.25) is 0 Å². The smallest absolute Gasteiger partial charge is 0.483 e. The summed E-state index contributed by atoms with van der Waals surface area (Å²) in [5, 5.41) is 0. The molecule has 1 saturated carbocycles. The highest BCUT2D eigenvalue weighted by molar-refractivity contribution is 5.92. The molecule has 1 saturated heterocycles. The van der Waals surface area contributed by atoms with Crippen LogP contribution in [0.5, 0.6) is 17.2 Å². The summed E-state index contributed by atoms with van der Waals surface area (Å²) in [6.45, 7) is 4.20. The van der Waals surface area contributed by atoms with Crippen molar-refractivity contribution in [2.75, 3.05) is 20.1 Å². The van der Waals surface area contributed by atoms with Crippen LogP contribution in [0.4, 0.5) is 13.2 Å². The second kappa shape index (κ2) is 13.0. The van der Waals surface area contributed by atoms with Gasteiger partial charge in [-0.2, -0.15) is 0 Å². The molecular weight excluding hydrogens is 665 g/mol. The number of benzene rings is 3. The molecule has 12 heteroatoms. The number of alkyl halides is 3. The Labute approximate surface area is 293 Å². The van der Waals surface area contributed by atoms with Crippen LogP contribution in [0.1, 0.15) is 55.4 Å². The average molecular weight is 705 g/mol. The fourth-order valence-electron chi connectivity index (χ4n) is 9.11. The van der Waals surface area contributed by atoms with Crippen LogP contribution in [0.25, 0.3) is 6.08 Å². The Hall–Kier alpha value is -4.84. The van der Waals surface area contributed by atoms with E-state index in [2.05, 4.69) is 21.8 Å². The lowest BCUT2D eigenvalue weighted by atomic mass is 9.48. The van der Waals surface area contributed by atoms with Crippen molar-refractivity contribution in [3.8, 4) is 17.2 Å². The molecule has 1 amide bonds. The maximum Gasteiger partial charge on any atom is 0.573 e. The molecule has 2 bridgehead atoms. The molecule has 0 radical (unpaired) electrons. The summed E-state index contributed by atoms with van der Waals surface area (Å²) in [5.74, 6) is -0.969. The molecule has 9 nitrogen and oxygen atoms in total. The molecule has 3 aromatic rings. The van der Waals surface area contributed by atoms with Crippen molar-refractivity contribution in [3.05, 3.63) is 95.1 Å². The predicted octanol–water partition coefficient (Wildman–Crippen LogP) is 6.02. The Morgan fingerprint density at radius 1 is 1.02 bits per heavy atom. The van der Waals surface area contributed by atoms with Gasteiger partial charge in [0.2, 0.25) is 5.91 Å². The first-order valence-electron chi connectivity index (χ1n) is 17.1. The van der Waals surface area contributed by atoms with E-state index in [1.54, 1.807) is 24.1 Å². The van der Waals surface area contributed by atoms with E-state index in [0.717, 1.165) is 24.1 Å². The zero-order valence-electron chi connectivity index (χ0n) is 28.6. The molecule has 5 atom stereocenters. The molecule has 0 unspecified atom stereocenters. The lowest BCUT2D eigenvalue weighted by Gasteiger charge is -2.65. The van der Waals surface area contributed by atoms with Gasteiger partial charge in [-0.25, -0.2) is 0 Å². The van der Waals surface area contributed by atoms with Crippen molar-refractivity contribution < 1.29 is 46.5 Å². The number of halogens is 3. The number of esters is 2. The minimum Gasteiger partial charge on any atom is -0.483 e. The van der Waals surface area contributed by atoms with Gasteiger partial charge >= 0.3 is 18.3 Å². The molecule has 7 rings (SSSR count). The molecule has 268 valence electrons. The number of hydrogen-bond donors (Lipinski definition) is 0. The van der Waals surface area contributed by atoms with Crippen LogP contribution in [-0.4, -0.2) is 77.9 Å². The molecule has 2 fully saturated rings. The van der Waals surface area contributed by atoms with Crippen LogP contribution < -0.4 is 14.2 Å². The summed E-state index contributed by atoms with van der Waals surface area (Å²) in [6.07, 6.45) is 0.147. The van der Waals surface area contributed by atoms with Crippen molar-refractivity contribution in [1.29, 1.82) is 0 Å². The summed E-state index contributed by atoms with van der Waals surface area (Å²) in [4.78, 5) is 43.1. The van der Waals surface area contributed by atoms with E-state index in [0.29, 0.717) is 43.5 Å². The molecule has 3 aromatic carbocycles. The van der Waals surface area contributed by atoms with E-state index < -0.39 is 47.2 Å². The minimum absolute atomic E-state index is 0.170. The van der Waals surface area contributed by atoms with E-state index in [-0.39, 0.29) is 17.7 Å². The van der Waals surface area contributed by atoms with Crippen LogP contribution in [-0.2, 0) is 37.4 Å². The zero-order chi connectivity index (χ0) is 36.1. The number of carbonyl (C=O) groups excluding carboxylic acids is 3. The quantitative estimate of drug-likeness (QED) is 0.152. The normalized spacial score (nSPS) is 26.2. The summed E-state index contributed by atoms with van der Waals surface area (Å²) in [6, 6.07) is 18.7. The molecule has 51 heavy (non-hydrogen) atoms. The number of nitrogens with zero attached hydrogens (tertiary/aromatic N) is 2. The molecule has 2 heterocycles. The fraction of sp³-hybridized carbons (Fsp3) is 0.410. The largest absolute Gasteiger partial charge is 0.573 e. The molecule has 0 aromatic heterocycles. The first kappa shape index (κ1) is 34.6. The standard InChI is InChI=1S/C39H39F3N2O7/c1-24(45)48-31-14-13-28-23-32-38(50-25(2)46)18-16-30(43(3)33(47)15-12-27-10-7-11-29(22-27)51-39(40,41)42)36-37(38,34(28)35(31)49-36)19-21-44(32)20-17-26-8-5-4-6-9-26/h4-15,22,30,32,36H,16-21,23H2,1-3H3/t30-,32-,36+,37+,38-/m1/s1. The predicted molar refractivity (Wildman–Crippen MR) is 180 cm³/mol. The van der Waals surface area contributed by atoms with Crippen LogP contribution in [0.3, 0.4) is 0 Å². The third-order valence-corrected chi connectivity index (χ3v) is 11.0. The number of rotatable bonds is 9. The van der Waals surface area contributed by atoms with E-state index in [1.165, 1.54) is 49.8 Å². The summed E-state index contributed by atoms with van der Waals surface area (Å²) < 4.78 is 61.5. The van der Waals surface area contributed by atoms with Gasteiger partial charge in [0.1, 0.15) is 17.5 Å². The van der Waals surface area contributed by atoms with Gasteiger partial charge in [-0.15, -0.1) is 13.2 Å². The lowest BCUT2D eigenvalue weighted by Crippen LogP contribution is -2.79. The molecule has 2 aliphatic carbocycles. The minimum atomic E-state index is -4.84. The fourth-order valence-corrected chi connectivity index (χ4v) is 9.11. The number of ether oxygens (including phenoxy) is 4. The summed E-state index contributed by atoms with van der Waals surface area (Å²) in [7, 11) is 1.67. The highest BCUT2D eigenvalue weighted by Crippen LogP contribution is 2.67. The first-order valence-corrected chi connectivity index (χ1v) is 17.1. The van der Waals surface area contributed by atoms with Crippen LogP contribution in [0.15, 0.2) is 72.8 Å². The van der Waals surface area contributed by atoms with E-state index in [9.17, 15) is 27.6 Å². The lowest BCUT2D eigenvalue weighted by molar-refractivity contribution is -0.274. The van der Waals surface area contributed by atoms with Crippen molar-refractivity contribution in [1.82, 2.24) is 9.80 Å². The van der Waals surface area contributed by atoms with Gasteiger partial charge in [-0.05, 0) is 79.6 Å². The Balaban J connectivity index is 1.25. The van der Waals surface area contributed by atoms with Gasteiger partial charge < -0.3 is 23.8 Å². The molecule has 0 N–H and O–H groups in total. The highest BCUT2D eigenvalue weighted by Gasteiger charge is 2.75.